The third kappa shape index (κ3) is 3.21. The summed E-state index contributed by atoms with van der Waals surface area (Å²) in [6, 6.07) is 5.20. The first kappa shape index (κ1) is 12.9. The second kappa shape index (κ2) is 5.84. The van der Waals surface area contributed by atoms with E-state index < -0.39 is 5.97 Å². The fourth-order valence-corrected chi connectivity index (χ4v) is 2.06. The maximum absolute atomic E-state index is 10.5. The molecule has 0 bridgehead atoms. The van der Waals surface area contributed by atoms with Crippen molar-refractivity contribution in [3.63, 3.8) is 0 Å². The van der Waals surface area contributed by atoms with Gasteiger partial charge in [0.1, 0.15) is 5.75 Å². The third-order valence-corrected chi connectivity index (χ3v) is 3.02. The Hall–Kier alpha value is -1.59. The number of benzene rings is 1. The number of phenolic OH excluding ortho intramolecular Hbond substituents is 1. The number of carboxylic acids is 1. The molecule has 18 heavy (non-hydrogen) atoms. The normalized spacial score (nSPS) is 19.7. The molecule has 1 heterocycles. The summed E-state index contributed by atoms with van der Waals surface area (Å²) in [5, 5.41) is 21.8. The zero-order valence-electron chi connectivity index (χ0n) is 10.1. The largest absolute Gasteiger partial charge is 0.508 e. The maximum atomic E-state index is 10.5. The Morgan fingerprint density at radius 2 is 2.33 bits per heavy atom. The summed E-state index contributed by atoms with van der Waals surface area (Å²) in [4.78, 5) is 10.5. The van der Waals surface area contributed by atoms with E-state index in [0.29, 0.717) is 19.6 Å². The van der Waals surface area contributed by atoms with Crippen molar-refractivity contribution in [2.45, 2.75) is 18.9 Å². The van der Waals surface area contributed by atoms with Crippen LogP contribution in [0.5, 0.6) is 5.75 Å². The van der Waals surface area contributed by atoms with Crippen molar-refractivity contribution in [1.29, 1.82) is 0 Å². The average Bonchev–Trinajstić information content (AvgIpc) is 2.38. The van der Waals surface area contributed by atoms with Crippen LogP contribution in [0.1, 0.15) is 23.6 Å². The van der Waals surface area contributed by atoms with Gasteiger partial charge in [0.15, 0.2) is 0 Å². The molecular formula is C13H17NO4. The molecule has 98 valence electrons. The summed E-state index contributed by atoms with van der Waals surface area (Å²) in [6.45, 7) is 1.95. The summed E-state index contributed by atoms with van der Waals surface area (Å²) < 4.78 is 5.36. The van der Waals surface area contributed by atoms with E-state index in [4.69, 9.17) is 9.84 Å². The van der Waals surface area contributed by atoms with Gasteiger partial charge in [-0.05, 0) is 18.1 Å². The van der Waals surface area contributed by atoms with Crippen molar-refractivity contribution in [3.8, 4) is 5.75 Å². The van der Waals surface area contributed by atoms with Gasteiger partial charge in [0.2, 0.25) is 0 Å². The molecular weight excluding hydrogens is 234 g/mol. The molecule has 1 saturated heterocycles. The molecule has 0 spiro atoms. The fraction of sp³-hybridized carbons (Fsp3) is 0.462. The van der Waals surface area contributed by atoms with Gasteiger partial charge in [-0.2, -0.15) is 0 Å². The van der Waals surface area contributed by atoms with Crippen LogP contribution < -0.4 is 5.32 Å². The smallest absolute Gasteiger partial charge is 0.303 e. The molecule has 1 aromatic carbocycles. The molecule has 1 aliphatic heterocycles. The minimum absolute atomic E-state index is 0.0245. The van der Waals surface area contributed by atoms with Crippen molar-refractivity contribution < 1.29 is 19.7 Å². The van der Waals surface area contributed by atoms with Crippen molar-refractivity contribution in [1.82, 2.24) is 5.32 Å². The molecule has 1 atom stereocenters. The molecule has 0 aromatic heterocycles. The van der Waals surface area contributed by atoms with E-state index in [2.05, 4.69) is 5.32 Å². The molecule has 5 heteroatoms. The van der Waals surface area contributed by atoms with E-state index in [-0.39, 0.29) is 18.2 Å². The molecule has 0 aliphatic carbocycles. The lowest BCUT2D eigenvalue weighted by molar-refractivity contribution is -0.136. The van der Waals surface area contributed by atoms with Gasteiger partial charge < -0.3 is 20.3 Å². The average molecular weight is 251 g/mol. The number of rotatable bonds is 4. The Kier molecular flexibility index (Phi) is 4.17. The van der Waals surface area contributed by atoms with E-state index in [9.17, 15) is 9.90 Å². The van der Waals surface area contributed by atoms with Gasteiger partial charge in [-0.25, -0.2) is 0 Å². The van der Waals surface area contributed by atoms with Crippen LogP contribution in [0.4, 0.5) is 0 Å². The van der Waals surface area contributed by atoms with E-state index in [1.165, 1.54) is 0 Å². The summed E-state index contributed by atoms with van der Waals surface area (Å²) in [5.74, 6) is -0.596. The van der Waals surface area contributed by atoms with Crippen molar-refractivity contribution in [2.24, 2.45) is 0 Å². The number of morpholine rings is 1. The first-order chi connectivity index (χ1) is 8.66. The number of hydrogen-bond donors (Lipinski definition) is 3. The van der Waals surface area contributed by atoms with Gasteiger partial charge in [-0.3, -0.25) is 4.79 Å². The highest BCUT2D eigenvalue weighted by atomic mass is 16.5. The fourth-order valence-electron chi connectivity index (χ4n) is 2.06. The topological polar surface area (TPSA) is 78.8 Å². The van der Waals surface area contributed by atoms with Gasteiger partial charge >= 0.3 is 5.97 Å². The molecule has 2 rings (SSSR count). The number of aliphatic carboxylic acids is 1. The Bertz CT molecular complexity index is 427. The molecule has 0 saturated carbocycles. The lowest BCUT2D eigenvalue weighted by atomic mass is 10.00. The quantitative estimate of drug-likeness (QED) is 0.746. The third-order valence-electron chi connectivity index (χ3n) is 3.02. The zero-order valence-corrected chi connectivity index (χ0v) is 10.1. The standard InChI is InChI=1S/C13H17NO4/c15-12-3-1-9(2-4-13(16)17)7-10(12)11-8-18-6-5-14-11/h1,3,7,11,14-15H,2,4-6,8H2,(H,16,17)/t11-/m0/s1. The number of ether oxygens (including phenoxy) is 1. The first-order valence-electron chi connectivity index (χ1n) is 6.01. The SMILES string of the molecule is O=C(O)CCc1ccc(O)c([C@@H]2COCCN2)c1. The van der Waals surface area contributed by atoms with Gasteiger partial charge in [0.25, 0.3) is 0 Å². The van der Waals surface area contributed by atoms with Gasteiger partial charge in [0.05, 0.1) is 19.3 Å². The number of hydrogen-bond acceptors (Lipinski definition) is 4. The van der Waals surface area contributed by atoms with Crippen LogP contribution in [-0.4, -0.2) is 35.9 Å². The number of carboxylic acid groups (broad SMARTS) is 1. The Labute approximate surface area is 105 Å². The Morgan fingerprint density at radius 1 is 1.50 bits per heavy atom. The molecule has 1 fully saturated rings. The molecule has 0 amide bonds. The zero-order chi connectivity index (χ0) is 13.0. The van der Waals surface area contributed by atoms with E-state index in [1.54, 1.807) is 12.1 Å². The molecule has 0 unspecified atom stereocenters. The number of carbonyl (C=O) groups is 1. The summed E-state index contributed by atoms with van der Waals surface area (Å²) in [5.41, 5.74) is 1.69. The van der Waals surface area contributed by atoms with Crippen LogP contribution in [0, 0.1) is 0 Å². The van der Waals surface area contributed by atoms with Crippen molar-refractivity contribution in [3.05, 3.63) is 29.3 Å². The van der Waals surface area contributed by atoms with Crippen LogP contribution in [0.15, 0.2) is 18.2 Å². The van der Waals surface area contributed by atoms with Crippen LogP contribution in [0.25, 0.3) is 0 Å². The highest BCUT2D eigenvalue weighted by Gasteiger charge is 2.18. The van der Waals surface area contributed by atoms with E-state index in [1.807, 2.05) is 6.07 Å². The number of nitrogens with one attached hydrogen (secondary N) is 1. The lowest BCUT2D eigenvalue weighted by Gasteiger charge is -2.25. The second-order valence-corrected chi connectivity index (χ2v) is 4.37. The van der Waals surface area contributed by atoms with Crippen LogP contribution in [0.3, 0.4) is 0 Å². The molecule has 1 aliphatic rings. The highest BCUT2D eigenvalue weighted by molar-refractivity contribution is 5.67. The van der Waals surface area contributed by atoms with Crippen molar-refractivity contribution in [2.75, 3.05) is 19.8 Å². The predicted octanol–water partition coefficient (Wildman–Crippen LogP) is 1.07. The number of aromatic hydroxyl groups is 1. The number of aryl methyl sites for hydroxylation is 1. The summed E-state index contributed by atoms with van der Waals surface area (Å²) in [6.07, 6.45) is 0.564. The Morgan fingerprint density at radius 3 is 3.00 bits per heavy atom. The monoisotopic (exact) mass is 251 g/mol. The molecule has 5 nitrogen and oxygen atoms in total. The van der Waals surface area contributed by atoms with Gasteiger partial charge in [-0.15, -0.1) is 0 Å². The van der Waals surface area contributed by atoms with Crippen LogP contribution in [-0.2, 0) is 16.0 Å². The van der Waals surface area contributed by atoms with Crippen LogP contribution in [0.2, 0.25) is 0 Å². The highest BCUT2D eigenvalue weighted by Crippen LogP contribution is 2.27. The van der Waals surface area contributed by atoms with Gasteiger partial charge in [0, 0.05) is 18.5 Å². The molecule has 0 radical (unpaired) electrons. The van der Waals surface area contributed by atoms with Crippen molar-refractivity contribution >= 4 is 5.97 Å². The molecule has 1 aromatic rings. The van der Waals surface area contributed by atoms with Crippen LogP contribution >= 0.6 is 0 Å². The maximum Gasteiger partial charge on any atom is 0.303 e. The predicted molar refractivity (Wildman–Crippen MR) is 65.6 cm³/mol. The minimum Gasteiger partial charge on any atom is -0.508 e. The summed E-state index contributed by atoms with van der Waals surface area (Å²) in [7, 11) is 0. The van der Waals surface area contributed by atoms with Gasteiger partial charge in [-0.1, -0.05) is 12.1 Å². The van der Waals surface area contributed by atoms with E-state index >= 15 is 0 Å². The number of phenols is 1. The second-order valence-electron chi connectivity index (χ2n) is 4.37. The Balaban J connectivity index is 2.12. The van der Waals surface area contributed by atoms with E-state index in [0.717, 1.165) is 17.7 Å². The minimum atomic E-state index is -0.816. The molecule has 3 N–H and O–H groups in total. The first-order valence-corrected chi connectivity index (χ1v) is 6.01. The summed E-state index contributed by atoms with van der Waals surface area (Å²) >= 11 is 0. The lowest BCUT2D eigenvalue weighted by Crippen LogP contribution is -2.34.